The highest BCUT2D eigenvalue weighted by molar-refractivity contribution is 5.00. The maximum absolute atomic E-state index is 4.25. The highest BCUT2D eigenvalue weighted by atomic mass is 15.4. The first-order valence-electron chi connectivity index (χ1n) is 5.69. The molecule has 0 amide bonds. The molecule has 90 valence electrons. The van der Waals surface area contributed by atoms with E-state index in [9.17, 15) is 0 Å². The second kappa shape index (κ2) is 6.05. The van der Waals surface area contributed by atoms with Crippen molar-refractivity contribution < 1.29 is 0 Å². The number of aromatic nitrogens is 5. The van der Waals surface area contributed by atoms with E-state index in [-0.39, 0.29) is 6.04 Å². The summed E-state index contributed by atoms with van der Waals surface area (Å²) in [6.45, 7) is 3.87. The van der Waals surface area contributed by atoms with E-state index in [0.29, 0.717) is 0 Å². The normalized spacial score (nSPS) is 12.5. The Bertz CT molecular complexity index is 413. The summed E-state index contributed by atoms with van der Waals surface area (Å²) >= 11 is 0. The third kappa shape index (κ3) is 3.60. The van der Waals surface area contributed by atoms with E-state index in [2.05, 4.69) is 32.5 Å². The highest BCUT2D eigenvalue weighted by Crippen LogP contribution is 2.05. The molecule has 2 aromatic rings. The molecule has 1 atom stereocenters. The minimum Gasteiger partial charge on any atom is -0.309 e. The summed E-state index contributed by atoms with van der Waals surface area (Å²) < 4.78 is 1.83. The fourth-order valence-corrected chi connectivity index (χ4v) is 1.55. The minimum absolute atomic E-state index is 0.222. The fraction of sp³-hybridized carbons (Fsp3) is 0.455. The zero-order chi connectivity index (χ0) is 11.9. The molecule has 2 rings (SSSR count). The Balaban J connectivity index is 1.68. The van der Waals surface area contributed by atoms with Crippen LogP contribution in [0.5, 0.6) is 0 Å². The molecule has 0 aliphatic heterocycles. The monoisotopic (exact) mass is 232 g/mol. The Morgan fingerprint density at radius 2 is 2.29 bits per heavy atom. The van der Waals surface area contributed by atoms with Gasteiger partial charge in [0.15, 0.2) is 0 Å². The molecule has 17 heavy (non-hydrogen) atoms. The van der Waals surface area contributed by atoms with Crippen molar-refractivity contribution in [2.24, 2.45) is 0 Å². The van der Waals surface area contributed by atoms with Crippen molar-refractivity contribution in [3.63, 3.8) is 0 Å². The van der Waals surface area contributed by atoms with Crippen molar-refractivity contribution in [1.29, 1.82) is 0 Å². The number of hydrogen-bond donors (Lipinski definition) is 1. The predicted octanol–water partition coefficient (Wildman–Crippen LogP) is 0.809. The first kappa shape index (κ1) is 11.7. The average Bonchev–Trinajstić information content (AvgIpc) is 2.88. The van der Waals surface area contributed by atoms with Crippen molar-refractivity contribution in [1.82, 2.24) is 30.3 Å². The Labute approximate surface area is 100 Å². The van der Waals surface area contributed by atoms with Gasteiger partial charge in [-0.25, -0.2) is 0 Å². The van der Waals surface area contributed by atoms with Crippen LogP contribution in [0.2, 0.25) is 0 Å². The molecule has 0 saturated heterocycles. The van der Waals surface area contributed by atoms with Crippen molar-refractivity contribution >= 4 is 0 Å². The Morgan fingerprint density at radius 1 is 1.35 bits per heavy atom. The van der Waals surface area contributed by atoms with E-state index >= 15 is 0 Å². The molecule has 1 N–H and O–H groups in total. The summed E-state index contributed by atoms with van der Waals surface area (Å²) in [5.74, 6) is 0. The minimum atomic E-state index is 0.222. The first-order valence-corrected chi connectivity index (χ1v) is 5.69. The third-order valence-electron chi connectivity index (χ3n) is 2.51. The van der Waals surface area contributed by atoms with Crippen LogP contribution in [0.15, 0.2) is 31.0 Å². The van der Waals surface area contributed by atoms with Crippen LogP contribution in [0.1, 0.15) is 25.1 Å². The summed E-state index contributed by atoms with van der Waals surface area (Å²) in [6, 6.07) is 0.222. The number of nitrogens with one attached hydrogen (secondary N) is 1. The molecular formula is C11H16N6. The van der Waals surface area contributed by atoms with E-state index in [1.165, 1.54) is 0 Å². The van der Waals surface area contributed by atoms with Crippen LogP contribution in [0.4, 0.5) is 0 Å². The van der Waals surface area contributed by atoms with Crippen molar-refractivity contribution in [2.45, 2.75) is 25.9 Å². The van der Waals surface area contributed by atoms with Gasteiger partial charge in [0.2, 0.25) is 0 Å². The standard InChI is InChI=1S/C11H16N6/c1-10(11-9-12-4-5-14-11)13-3-2-7-17-8-6-15-16-17/h4-6,8-10,13H,2-3,7H2,1H3. The number of aryl methyl sites for hydroxylation is 1. The molecule has 0 fully saturated rings. The van der Waals surface area contributed by atoms with E-state index in [1.54, 1.807) is 24.8 Å². The van der Waals surface area contributed by atoms with E-state index in [4.69, 9.17) is 0 Å². The first-order chi connectivity index (χ1) is 8.36. The largest absolute Gasteiger partial charge is 0.309 e. The molecule has 2 aromatic heterocycles. The summed E-state index contributed by atoms with van der Waals surface area (Å²) in [5.41, 5.74) is 0.966. The van der Waals surface area contributed by atoms with Gasteiger partial charge in [-0.15, -0.1) is 5.10 Å². The molecule has 0 aliphatic rings. The average molecular weight is 232 g/mol. The lowest BCUT2D eigenvalue weighted by Gasteiger charge is -2.12. The van der Waals surface area contributed by atoms with Crippen LogP contribution >= 0.6 is 0 Å². The molecule has 6 heteroatoms. The molecule has 2 heterocycles. The SMILES string of the molecule is CC(NCCCn1ccnn1)c1cnccn1. The van der Waals surface area contributed by atoms with Gasteiger partial charge >= 0.3 is 0 Å². The molecule has 1 unspecified atom stereocenters. The summed E-state index contributed by atoms with van der Waals surface area (Å²) in [4.78, 5) is 8.30. The summed E-state index contributed by atoms with van der Waals surface area (Å²) in [5, 5.41) is 11.1. The van der Waals surface area contributed by atoms with Gasteiger partial charge in [0.25, 0.3) is 0 Å². The van der Waals surface area contributed by atoms with Crippen LogP contribution in [0.3, 0.4) is 0 Å². The summed E-state index contributed by atoms with van der Waals surface area (Å²) in [7, 11) is 0. The Hall–Kier alpha value is -1.82. The molecular weight excluding hydrogens is 216 g/mol. The molecule has 6 nitrogen and oxygen atoms in total. The van der Waals surface area contributed by atoms with Crippen LogP contribution in [-0.4, -0.2) is 31.5 Å². The molecule has 0 aliphatic carbocycles. The number of nitrogens with zero attached hydrogens (tertiary/aromatic N) is 5. The predicted molar refractivity (Wildman–Crippen MR) is 63.1 cm³/mol. The lowest BCUT2D eigenvalue weighted by atomic mass is 10.2. The van der Waals surface area contributed by atoms with E-state index in [0.717, 1.165) is 25.2 Å². The second-order valence-corrected chi connectivity index (χ2v) is 3.83. The maximum atomic E-state index is 4.25. The van der Waals surface area contributed by atoms with Crippen molar-refractivity contribution in [3.8, 4) is 0 Å². The smallest absolute Gasteiger partial charge is 0.0753 e. The van der Waals surface area contributed by atoms with Gasteiger partial charge in [-0.3, -0.25) is 14.6 Å². The van der Waals surface area contributed by atoms with Crippen LogP contribution < -0.4 is 5.32 Å². The van der Waals surface area contributed by atoms with Crippen LogP contribution in [0.25, 0.3) is 0 Å². The molecule has 0 bridgehead atoms. The Morgan fingerprint density at radius 3 is 3.00 bits per heavy atom. The second-order valence-electron chi connectivity index (χ2n) is 3.83. The number of rotatable bonds is 6. The van der Waals surface area contributed by atoms with Gasteiger partial charge in [0.05, 0.1) is 11.9 Å². The zero-order valence-electron chi connectivity index (χ0n) is 9.82. The lowest BCUT2D eigenvalue weighted by molar-refractivity contribution is 0.494. The third-order valence-corrected chi connectivity index (χ3v) is 2.51. The van der Waals surface area contributed by atoms with Crippen molar-refractivity contribution in [2.75, 3.05) is 6.54 Å². The highest BCUT2D eigenvalue weighted by Gasteiger charge is 2.04. The topological polar surface area (TPSA) is 68.5 Å². The van der Waals surface area contributed by atoms with Gasteiger partial charge in [-0.1, -0.05) is 5.21 Å². The molecule has 0 aromatic carbocycles. The van der Waals surface area contributed by atoms with E-state index < -0.39 is 0 Å². The van der Waals surface area contributed by atoms with Crippen LogP contribution in [0, 0.1) is 0 Å². The maximum Gasteiger partial charge on any atom is 0.0753 e. The lowest BCUT2D eigenvalue weighted by Crippen LogP contribution is -2.22. The van der Waals surface area contributed by atoms with Gasteiger partial charge in [0.1, 0.15) is 0 Å². The van der Waals surface area contributed by atoms with Gasteiger partial charge in [0, 0.05) is 37.4 Å². The zero-order valence-corrected chi connectivity index (χ0v) is 9.82. The van der Waals surface area contributed by atoms with Gasteiger partial charge < -0.3 is 5.32 Å². The van der Waals surface area contributed by atoms with Gasteiger partial charge in [-0.2, -0.15) is 0 Å². The van der Waals surface area contributed by atoms with Crippen LogP contribution in [-0.2, 0) is 6.54 Å². The quantitative estimate of drug-likeness (QED) is 0.746. The number of hydrogen-bond acceptors (Lipinski definition) is 5. The fourth-order valence-electron chi connectivity index (χ4n) is 1.55. The molecule has 0 spiro atoms. The van der Waals surface area contributed by atoms with Crippen molar-refractivity contribution in [3.05, 3.63) is 36.7 Å². The van der Waals surface area contributed by atoms with Gasteiger partial charge in [-0.05, 0) is 19.9 Å². The van der Waals surface area contributed by atoms with E-state index in [1.807, 2.05) is 10.9 Å². The molecule has 0 saturated carbocycles. The summed E-state index contributed by atoms with van der Waals surface area (Å²) in [6.07, 6.45) is 9.74. The Kier molecular flexibility index (Phi) is 4.15. The molecule has 0 radical (unpaired) electrons.